The fourth-order valence-electron chi connectivity index (χ4n) is 3.66. The van der Waals surface area contributed by atoms with Gasteiger partial charge >= 0.3 is 0 Å². The minimum absolute atomic E-state index is 0.0164. The van der Waals surface area contributed by atoms with Gasteiger partial charge in [0.25, 0.3) is 11.5 Å². The first-order chi connectivity index (χ1) is 12.5. The van der Waals surface area contributed by atoms with Crippen LogP contribution in [0.3, 0.4) is 0 Å². The Morgan fingerprint density at radius 3 is 2.73 bits per heavy atom. The Hall–Kier alpha value is -2.41. The number of carbonyl (C=O) groups is 1. The van der Waals surface area contributed by atoms with Crippen LogP contribution >= 0.6 is 11.6 Å². The number of aromatic nitrogens is 3. The highest BCUT2D eigenvalue weighted by Crippen LogP contribution is 2.29. The number of hydrogen-bond acceptors (Lipinski definition) is 5. The van der Waals surface area contributed by atoms with Gasteiger partial charge in [0.1, 0.15) is 16.7 Å². The predicted octanol–water partition coefficient (Wildman–Crippen LogP) is 1.93. The molecule has 7 nitrogen and oxygen atoms in total. The summed E-state index contributed by atoms with van der Waals surface area (Å²) in [5, 5.41) is 0.0164. The van der Waals surface area contributed by atoms with Crippen LogP contribution in [0.5, 0.6) is 0 Å². The molecule has 2 aromatic heterocycles. The topological polar surface area (TPSA) is 82.2 Å². The van der Waals surface area contributed by atoms with E-state index in [9.17, 15) is 9.59 Å². The molecule has 4 heterocycles. The fourth-order valence-corrected chi connectivity index (χ4v) is 3.83. The van der Waals surface area contributed by atoms with E-state index in [4.69, 9.17) is 11.6 Å². The smallest absolute Gasteiger partial charge is 0.266 e. The van der Waals surface area contributed by atoms with Crippen molar-refractivity contribution in [2.45, 2.75) is 32.7 Å². The normalized spacial score (nSPS) is 16.7. The summed E-state index contributed by atoms with van der Waals surface area (Å²) in [6.07, 6.45) is 4.52. The van der Waals surface area contributed by atoms with Crippen molar-refractivity contribution in [3.05, 3.63) is 50.3 Å². The standard InChI is InChI=1S/C18H20ClN5O2/c1-11-21-15-10-24(18(26)12-8-14(19)17(25)20-9-12)7-4-13(15)16(22-11)23-5-2-3-6-23/h8-9H,2-7,10H2,1H3,(H,20,25). The minimum Gasteiger partial charge on any atom is -0.356 e. The number of halogens is 1. The molecule has 1 amide bonds. The lowest BCUT2D eigenvalue weighted by molar-refractivity contribution is 0.0731. The minimum atomic E-state index is -0.397. The van der Waals surface area contributed by atoms with E-state index in [2.05, 4.69) is 19.9 Å². The van der Waals surface area contributed by atoms with Crippen molar-refractivity contribution >= 4 is 23.3 Å². The number of H-pyrrole nitrogens is 1. The van der Waals surface area contributed by atoms with E-state index in [0.29, 0.717) is 18.7 Å². The van der Waals surface area contributed by atoms with Crippen molar-refractivity contribution in [2.75, 3.05) is 24.5 Å². The maximum absolute atomic E-state index is 12.8. The SMILES string of the molecule is Cc1nc2c(c(N3CCCC3)n1)CCN(C(=O)c1c[nH]c(=O)c(Cl)c1)C2. The maximum atomic E-state index is 12.8. The molecule has 1 N–H and O–H groups in total. The summed E-state index contributed by atoms with van der Waals surface area (Å²) in [5.41, 5.74) is 2.05. The molecule has 0 spiro atoms. The van der Waals surface area contributed by atoms with Crippen LogP contribution in [-0.4, -0.2) is 45.4 Å². The Bertz CT molecular complexity index is 920. The molecular formula is C18H20ClN5O2. The molecule has 136 valence electrons. The number of aryl methyl sites for hydroxylation is 1. The molecule has 8 heteroatoms. The Morgan fingerprint density at radius 1 is 1.23 bits per heavy atom. The van der Waals surface area contributed by atoms with Crippen LogP contribution in [0.4, 0.5) is 5.82 Å². The van der Waals surface area contributed by atoms with Gasteiger partial charge < -0.3 is 14.8 Å². The van der Waals surface area contributed by atoms with E-state index in [0.717, 1.165) is 42.4 Å². The molecule has 0 saturated carbocycles. The van der Waals surface area contributed by atoms with Crippen LogP contribution in [0.15, 0.2) is 17.1 Å². The summed E-state index contributed by atoms with van der Waals surface area (Å²) >= 11 is 5.85. The van der Waals surface area contributed by atoms with E-state index < -0.39 is 5.56 Å². The molecule has 0 atom stereocenters. The summed E-state index contributed by atoms with van der Waals surface area (Å²) in [5.74, 6) is 1.60. The molecule has 2 aliphatic rings. The molecule has 2 aromatic rings. The first kappa shape index (κ1) is 17.0. The first-order valence-corrected chi connectivity index (χ1v) is 9.19. The van der Waals surface area contributed by atoms with E-state index in [1.54, 1.807) is 4.90 Å². The van der Waals surface area contributed by atoms with Gasteiger partial charge in [-0.3, -0.25) is 9.59 Å². The van der Waals surface area contributed by atoms with E-state index in [1.165, 1.54) is 25.1 Å². The average Bonchev–Trinajstić information content (AvgIpc) is 3.16. The van der Waals surface area contributed by atoms with Gasteiger partial charge in [-0.25, -0.2) is 9.97 Å². The Morgan fingerprint density at radius 2 is 2.00 bits per heavy atom. The lowest BCUT2D eigenvalue weighted by atomic mass is 10.0. The van der Waals surface area contributed by atoms with E-state index >= 15 is 0 Å². The van der Waals surface area contributed by atoms with Gasteiger partial charge in [-0.1, -0.05) is 11.6 Å². The number of amides is 1. The lowest BCUT2D eigenvalue weighted by Crippen LogP contribution is -2.38. The van der Waals surface area contributed by atoms with Gasteiger partial charge in [0, 0.05) is 31.4 Å². The predicted molar refractivity (Wildman–Crippen MR) is 98.7 cm³/mol. The highest BCUT2D eigenvalue weighted by Gasteiger charge is 2.28. The molecule has 0 radical (unpaired) electrons. The van der Waals surface area contributed by atoms with E-state index in [-0.39, 0.29) is 10.9 Å². The Kier molecular flexibility index (Phi) is 4.40. The third-order valence-electron chi connectivity index (χ3n) is 4.95. The van der Waals surface area contributed by atoms with Crippen molar-refractivity contribution < 1.29 is 4.79 Å². The number of nitrogens with zero attached hydrogens (tertiary/aromatic N) is 4. The zero-order valence-electron chi connectivity index (χ0n) is 14.6. The van der Waals surface area contributed by atoms with Crippen LogP contribution in [-0.2, 0) is 13.0 Å². The average molecular weight is 374 g/mol. The number of pyridine rings is 1. The number of hydrogen-bond donors (Lipinski definition) is 1. The zero-order chi connectivity index (χ0) is 18.3. The summed E-state index contributed by atoms with van der Waals surface area (Å²) in [6, 6.07) is 1.42. The molecule has 2 aliphatic heterocycles. The van der Waals surface area contributed by atoms with E-state index in [1.807, 2.05) is 6.92 Å². The molecule has 0 aromatic carbocycles. The van der Waals surface area contributed by atoms with Gasteiger partial charge in [0.15, 0.2) is 0 Å². The summed E-state index contributed by atoms with van der Waals surface area (Å²) in [6.45, 7) is 4.98. The Labute approximate surface area is 156 Å². The van der Waals surface area contributed by atoms with Crippen molar-refractivity contribution in [1.29, 1.82) is 0 Å². The summed E-state index contributed by atoms with van der Waals surface area (Å²) in [7, 11) is 0. The molecule has 0 aliphatic carbocycles. The van der Waals surface area contributed by atoms with Crippen LogP contribution in [0.25, 0.3) is 0 Å². The van der Waals surface area contributed by atoms with Crippen molar-refractivity contribution in [3.8, 4) is 0 Å². The van der Waals surface area contributed by atoms with Crippen LogP contribution in [0.1, 0.15) is 40.3 Å². The highest BCUT2D eigenvalue weighted by atomic mass is 35.5. The lowest BCUT2D eigenvalue weighted by Gasteiger charge is -2.31. The van der Waals surface area contributed by atoms with Gasteiger partial charge in [-0.15, -0.1) is 0 Å². The first-order valence-electron chi connectivity index (χ1n) is 8.82. The number of nitrogens with one attached hydrogen (secondary N) is 1. The third-order valence-corrected chi connectivity index (χ3v) is 5.23. The number of anilines is 1. The largest absolute Gasteiger partial charge is 0.356 e. The van der Waals surface area contributed by atoms with Gasteiger partial charge in [-0.05, 0) is 32.3 Å². The van der Waals surface area contributed by atoms with Crippen molar-refractivity contribution in [1.82, 2.24) is 19.9 Å². The summed E-state index contributed by atoms with van der Waals surface area (Å²) < 4.78 is 0. The summed E-state index contributed by atoms with van der Waals surface area (Å²) in [4.78, 5) is 40.0. The van der Waals surface area contributed by atoms with Crippen molar-refractivity contribution in [3.63, 3.8) is 0 Å². The second-order valence-corrected chi connectivity index (χ2v) is 7.16. The third kappa shape index (κ3) is 3.07. The van der Waals surface area contributed by atoms with Crippen LogP contribution in [0.2, 0.25) is 5.02 Å². The van der Waals surface area contributed by atoms with Gasteiger partial charge in [0.05, 0.1) is 17.8 Å². The van der Waals surface area contributed by atoms with Crippen LogP contribution < -0.4 is 10.5 Å². The fraction of sp³-hybridized carbons (Fsp3) is 0.444. The maximum Gasteiger partial charge on any atom is 0.266 e. The van der Waals surface area contributed by atoms with Crippen LogP contribution in [0, 0.1) is 6.92 Å². The quantitative estimate of drug-likeness (QED) is 0.869. The van der Waals surface area contributed by atoms with Gasteiger partial charge in [0.2, 0.25) is 0 Å². The molecular weight excluding hydrogens is 354 g/mol. The molecule has 1 saturated heterocycles. The molecule has 26 heavy (non-hydrogen) atoms. The second-order valence-electron chi connectivity index (χ2n) is 6.76. The second kappa shape index (κ2) is 6.72. The molecule has 0 bridgehead atoms. The molecule has 1 fully saturated rings. The molecule has 4 rings (SSSR count). The number of fused-ring (bicyclic) bond motifs is 1. The number of rotatable bonds is 2. The van der Waals surface area contributed by atoms with Crippen molar-refractivity contribution in [2.24, 2.45) is 0 Å². The highest BCUT2D eigenvalue weighted by molar-refractivity contribution is 6.30. The van der Waals surface area contributed by atoms with Gasteiger partial charge in [-0.2, -0.15) is 0 Å². The number of aromatic amines is 1. The number of carbonyl (C=O) groups excluding carboxylic acids is 1. The monoisotopic (exact) mass is 373 g/mol. The zero-order valence-corrected chi connectivity index (χ0v) is 15.3. The Balaban J connectivity index is 1.62. The molecule has 0 unspecified atom stereocenters.